The molecule has 0 bridgehead atoms. The molecule has 0 aliphatic carbocycles. The van der Waals surface area contributed by atoms with E-state index in [4.69, 9.17) is 0 Å². The third kappa shape index (κ3) is 8.70. The van der Waals surface area contributed by atoms with Crippen LogP contribution in [-0.4, -0.2) is 5.16 Å². The highest BCUT2D eigenvalue weighted by Crippen LogP contribution is 2.52. The highest BCUT2D eigenvalue weighted by Gasteiger charge is 2.32. The van der Waals surface area contributed by atoms with Crippen molar-refractivity contribution in [3.63, 3.8) is 0 Å². The summed E-state index contributed by atoms with van der Waals surface area (Å²) in [6.07, 6.45) is 13.0. The molecule has 0 atom stereocenters. The van der Waals surface area contributed by atoms with Crippen LogP contribution in [0.4, 0.5) is 0 Å². The molecule has 0 aromatic rings. The van der Waals surface area contributed by atoms with Gasteiger partial charge in [-0.2, -0.15) is 0 Å². The maximum Gasteiger partial charge on any atom is -0.00196 e. The molecule has 3 nitrogen and oxygen atoms in total. The van der Waals surface area contributed by atoms with Crippen LogP contribution in [0.15, 0.2) is 0 Å². The predicted octanol–water partition coefficient (Wildman–Crippen LogP) is 5.16. The molecule has 0 saturated heterocycles. The molecule has 0 aromatic heterocycles. The zero-order valence-corrected chi connectivity index (χ0v) is 16.0. The second-order valence-corrected chi connectivity index (χ2v) is 8.74. The minimum atomic E-state index is -4.54. The fourth-order valence-corrected chi connectivity index (χ4v) is 4.55. The first-order valence-corrected chi connectivity index (χ1v) is 11.0. The van der Waals surface area contributed by atoms with Crippen molar-refractivity contribution in [2.24, 2.45) is 0 Å². The summed E-state index contributed by atoms with van der Waals surface area (Å²) >= 11 is 0. The van der Waals surface area contributed by atoms with E-state index in [-0.39, 0.29) is 0 Å². The second kappa shape index (κ2) is 12.6. The van der Waals surface area contributed by atoms with Gasteiger partial charge in [0.2, 0.25) is 0 Å². The fraction of sp³-hybridized carbons (Fsp3) is 1.00. The minimum Gasteiger partial charge on any atom is -0.810 e. The average Bonchev–Trinajstić information content (AvgIpc) is 2.46. The van der Waals surface area contributed by atoms with Gasteiger partial charge in [0.25, 0.3) is 0 Å². The molecule has 4 heteroatoms. The maximum atomic E-state index is 12.0. The third-order valence-electron chi connectivity index (χ3n) is 4.82. The van der Waals surface area contributed by atoms with Crippen molar-refractivity contribution in [3.8, 4) is 0 Å². The largest absolute Gasteiger partial charge is 0.810 e. The topological polar surface area (TPSA) is 63.2 Å². The van der Waals surface area contributed by atoms with Crippen LogP contribution in [0.1, 0.15) is 111 Å². The zero-order valence-electron chi connectivity index (χ0n) is 15.1. The van der Waals surface area contributed by atoms with Gasteiger partial charge in [-0.25, -0.2) is 0 Å². The normalized spacial score (nSPS) is 12.8. The van der Waals surface area contributed by atoms with E-state index in [1.54, 1.807) is 0 Å². The number of unbranched alkanes of at least 4 members (excludes halogenated alkanes) is 8. The van der Waals surface area contributed by atoms with E-state index < -0.39 is 12.8 Å². The summed E-state index contributed by atoms with van der Waals surface area (Å²) < 4.78 is 12.0. The van der Waals surface area contributed by atoms with E-state index in [9.17, 15) is 14.4 Å². The summed E-state index contributed by atoms with van der Waals surface area (Å²) in [6, 6.07) is 0. The zero-order chi connectivity index (χ0) is 16.9. The number of rotatable bonds is 15. The van der Waals surface area contributed by atoms with Crippen molar-refractivity contribution in [2.75, 3.05) is 0 Å². The molecular formula is C18H37O3P-2. The van der Waals surface area contributed by atoms with Crippen molar-refractivity contribution < 1.29 is 14.4 Å². The van der Waals surface area contributed by atoms with Gasteiger partial charge in [0.1, 0.15) is 0 Å². The van der Waals surface area contributed by atoms with Crippen LogP contribution in [0.25, 0.3) is 0 Å². The smallest absolute Gasteiger partial charge is 0.00196 e. The van der Waals surface area contributed by atoms with E-state index in [1.165, 1.54) is 0 Å². The summed E-state index contributed by atoms with van der Waals surface area (Å²) in [4.78, 5) is 24.1. The standard InChI is InChI=1S/C18H39O3P/c1-4-7-10-13-16-18(22(19,20)21,15-12-9-6-3)17-14-11-8-5-2/h4-17H2,1-3H3,(H2,19,20,21)/p-2. The van der Waals surface area contributed by atoms with Gasteiger partial charge in [-0.1, -0.05) is 99.0 Å². The van der Waals surface area contributed by atoms with Gasteiger partial charge in [-0.05, 0) is 24.4 Å². The van der Waals surface area contributed by atoms with Crippen LogP contribution in [0, 0.1) is 0 Å². The van der Waals surface area contributed by atoms with Gasteiger partial charge in [0.05, 0.1) is 0 Å². The van der Waals surface area contributed by atoms with E-state index in [0.29, 0.717) is 19.3 Å². The Kier molecular flexibility index (Phi) is 12.6. The lowest BCUT2D eigenvalue weighted by Crippen LogP contribution is -2.39. The van der Waals surface area contributed by atoms with Gasteiger partial charge < -0.3 is 14.4 Å². The molecular weight excluding hydrogens is 295 g/mol. The maximum absolute atomic E-state index is 12.0. The summed E-state index contributed by atoms with van der Waals surface area (Å²) in [5.74, 6) is 0. The van der Waals surface area contributed by atoms with Crippen LogP contribution < -0.4 is 9.79 Å². The molecule has 0 radical (unpaired) electrons. The Morgan fingerprint density at radius 1 is 0.636 bits per heavy atom. The first-order chi connectivity index (χ1) is 10.4. The van der Waals surface area contributed by atoms with E-state index in [1.807, 2.05) is 0 Å². The summed E-state index contributed by atoms with van der Waals surface area (Å²) in [5, 5.41) is -0.969. The molecule has 0 amide bonds. The highest BCUT2D eigenvalue weighted by molar-refractivity contribution is 7.50. The van der Waals surface area contributed by atoms with Crippen molar-refractivity contribution in [3.05, 3.63) is 0 Å². The Bertz CT molecular complexity index is 287. The first kappa shape index (κ1) is 22.1. The number of hydrogen-bond donors (Lipinski definition) is 0. The monoisotopic (exact) mass is 332 g/mol. The summed E-state index contributed by atoms with van der Waals surface area (Å²) in [5.41, 5.74) is 0. The lowest BCUT2D eigenvalue weighted by atomic mass is 9.88. The molecule has 0 aliphatic heterocycles. The molecule has 0 rings (SSSR count). The molecule has 0 aromatic carbocycles. The summed E-state index contributed by atoms with van der Waals surface area (Å²) in [7, 11) is -4.54. The highest BCUT2D eigenvalue weighted by atomic mass is 31.2. The lowest BCUT2D eigenvalue weighted by Gasteiger charge is -2.51. The molecule has 0 fully saturated rings. The van der Waals surface area contributed by atoms with Crippen molar-refractivity contribution in [1.29, 1.82) is 0 Å². The van der Waals surface area contributed by atoms with Gasteiger partial charge in [-0.3, -0.25) is 0 Å². The Labute approximate surface area is 138 Å². The van der Waals surface area contributed by atoms with Crippen LogP contribution in [-0.2, 0) is 4.57 Å². The van der Waals surface area contributed by atoms with E-state index in [2.05, 4.69) is 20.8 Å². The minimum absolute atomic E-state index is 0.573. The molecule has 134 valence electrons. The predicted molar refractivity (Wildman–Crippen MR) is 92.0 cm³/mol. The van der Waals surface area contributed by atoms with Gasteiger partial charge >= 0.3 is 0 Å². The van der Waals surface area contributed by atoms with E-state index >= 15 is 0 Å². The van der Waals surface area contributed by atoms with Crippen LogP contribution in [0.5, 0.6) is 0 Å². The third-order valence-corrected chi connectivity index (χ3v) is 6.65. The Morgan fingerprint density at radius 3 is 1.27 bits per heavy atom. The number of hydrogen-bond acceptors (Lipinski definition) is 3. The van der Waals surface area contributed by atoms with Crippen LogP contribution in [0.3, 0.4) is 0 Å². The molecule has 0 aliphatic rings. The Morgan fingerprint density at radius 2 is 0.955 bits per heavy atom. The van der Waals surface area contributed by atoms with Gasteiger partial charge in [-0.15, -0.1) is 0 Å². The SMILES string of the molecule is CCCCCCC(CCCCC)(CCCCCC)P(=O)([O-])[O-]. The Hall–Kier alpha value is 0.150. The molecule has 0 unspecified atom stereocenters. The van der Waals surface area contributed by atoms with Gasteiger partial charge in [0.15, 0.2) is 0 Å². The van der Waals surface area contributed by atoms with Crippen molar-refractivity contribution >= 4 is 7.60 Å². The van der Waals surface area contributed by atoms with E-state index in [0.717, 1.165) is 70.6 Å². The Balaban J connectivity index is 4.78. The first-order valence-electron chi connectivity index (χ1n) is 9.45. The quantitative estimate of drug-likeness (QED) is 0.307. The molecule has 0 heterocycles. The lowest BCUT2D eigenvalue weighted by molar-refractivity contribution is -0.321. The second-order valence-electron chi connectivity index (χ2n) is 6.80. The molecule has 0 saturated carbocycles. The van der Waals surface area contributed by atoms with Crippen LogP contribution >= 0.6 is 7.60 Å². The molecule has 0 N–H and O–H groups in total. The fourth-order valence-electron chi connectivity index (χ4n) is 3.25. The average molecular weight is 332 g/mol. The van der Waals surface area contributed by atoms with Crippen LogP contribution in [0.2, 0.25) is 0 Å². The summed E-state index contributed by atoms with van der Waals surface area (Å²) in [6.45, 7) is 6.40. The van der Waals surface area contributed by atoms with Gasteiger partial charge in [0, 0.05) is 0 Å². The van der Waals surface area contributed by atoms with Crippen molar-refractivity contribution in [2.45, 2.75) is 116 Å². The van der Waals surface area contributed by atoms with Crippen molar-refractivity contribution in [1.82, 2.24) is 0 Å². The molecule has 0 spiro atoms. The molecule has 22 heavy (non-hydrogen) atoms.